The SMILES string of the molecule is CCOc1cc(OCC)c(/C=C2/C(=O)N(c3ccccc3)N=C2C)cc1Br. The van der Waals surface area contributed by atoms with Crippen molar-refractivity contribution in [1.82, 2.24) is 0 Å². The number of hydrogen-bond donors (Lipinski definition) is 0. The molecule has 0 aliphatic carbocycles. The zero-order valence-electron chi connectivity index (χ0n) is 15.5. The maximum absolute atomic E-state index is 12.9. The van der Waals surface area contributed by atoms with E-state index in [4.69, 9.17) is 9.47 Å². The van der Waals surface area contributed by atoms with Crippen LogP contribution in [0.25, 0.3) is 6.08 Å². The highest BCUT2D eigenvalue weighted by Crippen LogP contribution is 2.35. The Hall–Kier alpha value is -2.60. The Bertz CT molecular complexity index is 907. The van der Waals surface area contributed by atoms with Crippen LogP contribution in [0.5, 0.6) is 11.5 Å². The van der Waals surface area contributed by atoms with Crippen LogP contribution in [0, 0.1) is 0 Å². The summed E-state index contributed by atoms with van der Waals surface area (Å²) < 4.78 is 12.2. The summed E-state index contributed by atoms with van der Waals surface area (Å²) in [6.45, 7) is 6.75. The second-order valence-corrected chi connectivity index (χ2v) is 6.74. The van der Waals surface area contributed by atoms with Crippen LogP contribution in [0.15, 0.2) is 57.6 Å². The van der Waals surface area contributed by atoms with Gasteiger partial charge in [0.05, 0.1) is 34.7 Å². The van der Waals surface area contributed by atoms with Crippen molar-refractivity contribution in [3.63, 3.8) is 0 Å². The Morgan fingerprint density at radius 1 is 1.07 bits per heavy atom. The molecule has 0 aromatic heterocycles. The molecule has 0 fully saturated rings. The molecule has 0 bridgehead atoms. The normalized spacial score (nSPS) is 15.3. The topological polar surface area (TPSA) is 51.1 Å². The molecule has 140 valence electrons. The third-order valence-corrected chi connectivity index (χ3v) is 4.65. The Balaban J connectivity index is 2.00. The highest BCUT2D eigenvalue weighted by atomic mass is 79.9. The summed E-state index contributed by atoms with van der Waals surface area (Å²) in [7, 11) is 0. The molecular formula is C21H21BrN2O3. The van der Waals surface area contributed by atoms with E-state index in [2.05, 4.69) is 21.0 Å². The molecule has 2 aromatic carbocycles. The van der Waals surface area contributed by atoms with Gasteiger partial charge >= 0.3 is 0 Å². The lowest BCUT2D eigenvalue weighted by Crippen LogP contribution is -2.21. The first-order valence-electron chi connectivity index (χ1n) is 8.81. The van der Waals surface area contributed by atoms with Gasteiger partial charge in [-0.1, -0.05) is 18.2 Å². The monoisotopic (exact) mass is 428 g/mol. The van der Waals surface area contributed by atoms with Gasteiger partial charge in [-0.2, -0.15) is 10.1 Å². The average molecular weight is 429 g/mol. The summed E-state index contributed by atoms with van der Waals surface area (Å²) in [5.74, 6) is 1.21. The van der Waals surface area contributed by atoms with Gasteiger partial charge in [-0.15, -0.1) is 0 Å². The lowest BCUT2D eigenvalue weighted by atomic mass is 10.1. The number of anilines is 1. The molecule has 1 aliphatic heterocycles. The molecule has 1 heterocycles. The van der Waals surface area contributed by atoms with E-state index in [1.54, 1.807) is 0 Å². The van der Waals surface area contributed by atoms with E-state index >= 15 is 0 Å². The number of ether oxygens (including phenoxy) is 2. The van der Waals surface area contributed by atoms with Crippen LogP contribution in [-0.4, -0.2) is 24.8 Å². The molecule has 5 nitrogen and oxygen atoms in total. The fourth-order valence-corrected chi connectivity index (χ4v) is 3.27. The number of rotatable bonds is 6. The van der Waals surface area contributed by atoms with E-state index in [0.29, 0.717) is 36.0 Å². The van der Waals surface area contributed by atoms with E-state index in [-0.39, 0.29) is 5.91 Å². The third kappa shape index (κ3) is 4.06. The van der Waals surface area contributed by atoms with Crippen molar-refractivity contribution >= 4 is 39.3 Å². The minimum atomic E-state index is -0.161. The fraction of sp³-hybridized carbons (Fsp3) is 0.238. The summed E-state index contributed by atoms with van der Waals surface area (Å²) in [6, 6.07) is 13.1. The van der Waals surface area contributed by atoms with Gasteiger partial charge in [0.25, 0.3) is 5.91 Å². The molecule has 6 heteroatoms. The standard InChI is InChI=1S/C21H21BrN2O3/c1-4-26-19-13-20(27-5-2)18(22)12-15(19)11-17-14(3)23-24(21(17)25)16-9-7-6-8-10-16/h6-13H,4-5H2,1-3H3/b17-11+. The summed E-state index contributed by atoms with van der Waals surface area (Å²) >= 11 is 3.53. The first kappa shape index (κ1) is 19.2. The number of para-hydroxylation sites is 1. The molecule has 0 saturated heterocycles. The van der Waals surface area contributed by atoms with Crippen molar-refractivity contribution in [3.05, 3.63) is 58.1 Å². The number of amides is 1. The first-order valence-corrected chi connectivity index (χ1v) is 9.60. The van der Waals surface area contributed by atoms with E-state index in [0.717, 1.165) is 15.7 Å². The molecule has 0 spiro atoms. The van der Waals surface area contributed by atoms with Gasteiger partial charge in [-0.3, -0.25) is 4.79 Å². The summed E-state index contributed by atoms with van der Waals surface area (Å²) in [5.41, 5.74) is 2.73. The third-order valence-electron chi connectivity index (χ3n) is 4.03. The number of nitrogens with zero attached hydrogens (tertiary/aromatic N) is 2. The molecule has 0 saturated carbocycles. The van der Waals surface area contributed by atoms with Crippen molar-refractivity contribution in [3.8, 4) is 11.5 Å². The van der Waals surface area contributed by atoms with Crippen molar-refractivity contribution in [2.45, 2.75) is 20.8 Å². The molecule has 1 aliphatic rings. The minimum Gasteiger partial charge on any atom is -0.493 e. The van der Waals surface area contributed by atoms with Crippen molar-refractivity contribution in [1.29, 1.82) is 0 Å². The van der Waals surface area contributed by atoms with Crippen LogP contribution in [0.1, 0.15) is 26.3 Å². The molecule has 1 amide bonds. The molecule has 0 radical (unpaired) electrons. The summed E-state index contributed by atoms with van der Waals surface area (Å²) in [4.78, 5) is 12.9. The van der Waals surface area contributed by atoms with Gasteiger partial charge < -0.3 is 9.47 Å². The number of carbonyl (C=O) groups is 1. The largest absolute Gasteiger partial charge is 0.493 e. The molecule has 3 rings (SSSR count). The Kier molecular flexibility index (Phi) is 5.96. The molecule has 0 N–H and O–H groups in total. The van der Waals surface area contributed by atoms with Gasteiger partial charge in [0.2, 0.25) is 0 Å². The summed E-state index contributed by atoms with van der Waals surface area (Å²) in [5, 5.41) is 5.84. The van der Waals surface area contributed by atoms with E-state index in [1.807, 2.05) is 69.3 Å². The highest BCUT2D eigenvalue weighted by molar-refractivity contribution is 9.10. The number of carbonyl (C=O) groups excluding carboxylic acids is 1. The highest BCUT2D eigenvalue weighted by Gasteiger charge is 2.29. The number of hydrogen-bond acceptors (Lipinski definition) is 4. The average Bonchev–Trinajstić information content (AvgIpc) is 2.94. The maximum Gasteiger partial charge on any atom is 0.280 e. The number of halogens is 1. The predicted octanol–water partition coefficient (Wildman–Crippen LogP) is 5.05. The molecule has 0 unspecified atom stereocenters. The quantitative estimate of drug-likeness (QED) is 0.604. The number of hydrazone groups is 1. The zero-order chi connectivity index (χ0) is 19.4. The molecule has 27 heavy (non-hydrogen) atoms. The van der Waals surface area contributed by atoms with Crippen molar-refractivity contribution < 1.29 is 14.3 Å². The Labute approximate surface area is 167 Å². The van der Waals surface area contributed by atoms with Crippen LogP contribution in [0.4, 0.5) is 5.69 Å². The second kappa shape index (κ2) is 8.39. The number of benzene rings is 2. The molecule has 2 aromatic rings. The smallest absolute Gasteiger partial charge is 0.280 e. The summed E-state index contributed by atoms with van der Waals surface area (Å²) in [6.07, 6.45) is 1.82. The van der Waals surface area contributed by atoms with Gasteiger partial charge in [-0.25, -0.2) is 0 Å². The van der Waals surface area contributed by atoms with Gasteiger partial charge in [-0.05, 0) is 61.0 Å². The van der Waals surface area contributed by atoms with Gasteiger partial charge in [0.1, 0.15) is 11.5 Å². The van der Waals surface area contributed by atoms with E-state index < -0.39 is 0 Å². The zero-order valence-corrected chi connectivity index (χ0v) is 17.1. The second-order valence-electron chi connectivity index (χ2n) is 5.88. The van der Waals surface area contributed by atoms with Crippen LogP contribution in [0.3, 0.4) is 0 Å². The van der Waals surface area contributed by atoms with Gasteiger partial charge in [0.15, 0.2) is 0 Å². The van der Waals surface area contributed by atoms with Gasteiger partial charge in [0, 0.05) is 11.6 Å². The minimum absolute atomic E-state index is 0.161. The van der Waals surface area contributed by atoms with Crippen LogP contribution >= 0.6 is 15.9 Å². The maximum atomic E-state index is 12.9. The first-order chi connectivity index (χ1) is 13.0. The lowest BCUT2D eigenvalue weighted by molar-refractivity contribution is -0.114. The lowest BCUT2D eigenvalue weighted by Gasteiger charge is -2.13. The Morgan fingerprint density at radius 3 is 2.41 bits per heavy atom. The fourth-order valence-electron chi connectivity index (χ4n) is 2.79. The van der Waals surface area contributed by atoms with Crippen LogP contribution in [0.2, 0.25) is 0 Å². The van der Waals surface area contributed by atoms with Crippen LogP contribution < -0.4 is 14.5 Å². The molecular weight excluding hydrogens is 408 g/mol. The Morgan fingerprint density at radius 2 is 1.74 bits per heavy atom. The molecule has 0 atom stereocenters. The van der Waals surface area contributed by atoms with Crippen molar-refractivity contribution in [2.75, 3.05) is 18.2 Å². The predicted molar refractivity (Wildman–Crippen MR) is 111 cm³/mol. The van der Waals surface area contributed by atoms with E-state index in [9.17, 15) is 4.79 Å². The van der Waals surface area contributed by atoms with E-state index in [1.165, 1.54) is 5.01 Å². The van der Waals surface area contributed by atoms with Crippen molar-refractivity contribution in [2.24, 2.45) is 5.10 Å². The van der Waals surface area contributed by atoms with Crippen LogP contribution in [-0.2, 0) is 4.79 Å².